The Morgan fingerprint density at radius 1 is 1.00 bits per heavy atom. The minimum absolute atomic E-state index is 0.669. The van der Waals surface area contributed by atoms with Gasteiger partial charge in [0.15, 0.2) is 8.68 Å². The molecule has 0 spiro atoms. The molecule has 0 aliphatic carbocycles. The monoisotopic (exact) mass is 292 g/mol. The van der Waals surface area contributed by atoms with Crippen molar-refractivity contribution in [3.8, 4) is 10.8 Å². The molecule has 0 atom stereocenters. The zero-order valence-corrected chi connectivity index (χ0v) is 11.3. The Kier molecular flexibility index (Phi) is 7.05. The molecule has 1 aromatic rings. The van der Waals surface area contributed by atoms with Gasteiger partial charge in [0.1, 0.15) is 10.8 Å². The molecule has 0 radical (unpaired) electrons. The number of aromatic nitrogens is 2. The summed E-state index contributed by atoms with van der Waals surface area (Å²) in [7, 11) is 0. The van der Waals surface area contributed by atoms with Crippen molar-refractivity contribution < 1.29 is 0 Å². The second-order valence-corrected chi connectivity index (χ2v) is 7.50. The summed E-state index contributed by atoms with van der Waals surface area (Å²) < 4.78 is 1.73. The molecule has 4 nitrogen and oxygen atoms in total. The summed E-state index contributed by atoms with van der Waals surface area (Å²) in [4.78, 5) is 0. The van der Waals surface area contributed by atoms with Gasteiger partial charge in [0.25, 0.3) is 0 Å². The van der Waals surface area contributed by atoms with Crippen LogP contribution in [0.3, 0.4) is 0 Å². The number of hydrogen-bond acceptors (Lipinski definition) is 9. The SMILES string of the molecule is N#CSCSc1nnc(SCSC#N)s1. The molecule has 0 amide bonds. The Bertz CT molecular complexity index is 343. The third-order valence-electron chi connectivity index (χ3n) is 1.000. The van der Waals surface area contributed by atoms with Crippen molar-refractivity contribution in [1.29, 1.82) is 10.5 Å². The number of thioether (sulfide) groups is 4. The predicted octanol–water partition coefficient (Wildman–Crippen LogP) is 3.07. The van der Waals surface area contributed by atoms with Gasteiger partial charge in [-0.2, -0.15) is 10.5 Å². The van der Waals surface area contributed by atoms with Crippen LogP contribution in [-0.2, 0) is 0 Å². The van der Waals surface area contributed by atoms with Crippen molar-refractivity contribution in [2.45, 2.75) is 8.68 Å². The summed E-state index contributed by atoms with van der Waals surface area (Å²) in [5.74, 6) is 0. The molecular weight excluding hydrogens is 288 g/mol. The molecule has 78 valence electrons. The van der Waals surface area contributed by atoms with Gasteiger partial charge < -0.3 is 0 Å². The van der Waals surface area contributed by atoms with Crippen LogP contribution in [0.4, 0.5) is 0 Å². The Labute approximate surface area is 108 Å². The number of rotatable bonds is 6. The highest BCUT2D eigenvalue weighted by molar-refractivity contribution is 8.19. The summed E-state index contributed by atoms with van der Waals surface area (Å²) in [5.41, 5.74) is 0. The fraction of sp³-hybridized carbons (Fsp3) is 0.333. The van der Waals surface area contributed by atoms with E-state index in [0.29, 0.717) is 10.2 Å². The molecule has 15 heavy (non-hydrogen) atoms. The van der Waals surface area contributed by atoms with Gasteiger partial charge in [0.05, 0.1) is 10.2 Å². The Morgan fingerprint density at radius 3 is 1.87 bits per heavy atom. The van der Waals surface area contributed by atoms with Crippen molar-refractivity contribution in [2.24, 2.45) is 0 Å². The Balaban J connectivity index is 2.30. The largest absolute Gasteiger partial charge is 0.185 e. The first-order valence-electron chi connectivity index (χ1n) is 3.47. The lowest BCUT2D eigenvalue weighted by Gasteiger charge is -1.88. The van der Waals surface area contributed by atoms with E-state index < -0.39 is 0 Å². The first-order chi connectivity index (χ1) is 7.36. The maximum Gasteiger partial charge on any atom is 0.175 e. The smallest absolute Gasteiger partial charge is 0.175 e. The highest BCUT2D eigenvalue weighted by Gasteiger charge is 2.05. The maximum atomic E-state index is 8.32. The molecule has 0 saturated heterocycles. The van der Waals surface area contributed by atoms with E-state index in [1.807, 2.05) is 10.8 Å². The van der Waals surface area contributed by atoms with E-state index in [-0.39, 0.29) is 0 Å². The fourth-order valence-corrected chi connectivity index (χ4v) is 4.70. The number of nitriles is 2. The molecule has 9 heteroatoms. The van der Waals surface area contributed by atoms with Gasteiger partial charge in [-0.25, -0.2) is 0 Å². The van der Waals surface area contributed by atoms with Gasteiger partial charge in [-0.15, -0.1) is 10.2 Å². The quantitative estimate of drug-likeness (QED) is 0.343. The van der Waals surface area contributed by atoms with Crippen LogP contribution in [-0.4, -0.2) is 20.4 Å². The minimum atomic E-state index is 0.669. The average Bonchev–Trinajstić information content (AvgIpc) is 2.67. The number of nitrogens with zero attached hydrogens (tertiary/aromatic N) is 4. The average molecular weight is 292 g/mol. The normalized spacial score (nSPS) is 9.47. The molecule has 0 aliphatic heterocycles. The third kappa shape index (κ3) is 5.54. The van der Waals surface area contributed by atoms with Crippen molar-refractivity contribution in [3.05, 3.63) is 0 Å². The lowest BCUT2D eigenvalue weighted by molar-refractivity contribution is 0.956. The molecule has 0 saturated carbocycles. The van der Waals surface area contributed by atoms with Crippen molar-refractivity contribution in [2.75, 3.05) is 10.2 Å². The van der Waals surface area contributed by atoms with Gasteiger partial charge >= 0.3 is 0 Å². The molecule has 1 heterocycles. The van der Waals surface area contributed by atoms with Crippen molar-refractivity contribution in [3.63, 3.8) is 0 Å². The molecule has 1 rings (SSSR count). The zero-order valence-electron chi connectivity index (χ0n) is 7.24. The van der Waals surface area contributed by atoms with E-state index in [2.05, 4.69) is 10.2 Å². The number of thiocyanates is 2. The zero-order chi connectivity index (χ0) is 10.9. The van der Waals surface area contributed by atoms with Crippen LogP contribution in [0.25, 0.3) is 0 Å². The molecule has 0 fully saturated rings. The first-order valence-corrected chi connectivity index (χ1v) is 8.23. The fourth-order valence-electron chi connectivity index (χ4n) is 0.526. The summed E-state index contributed by atoms with van der Waals surface area (Å²) in [5, 5.41) is 29.9. The van der Waals surface area contributed by atoms with Gasteiger partial charge in [0, 0.05) is 0 Å². The van der Waals surface area contributed by atoms with Crippen molar-refractivity contribution in [1.82, 2.24) is 10.2 Å². The molecule has 1 aromatic heterocycles. The van der Waals surface area contributed by atoms with Gasteiger partial charge in [-0.3, -0.25) is 0 Å². The van der Waals surface area contributed by atoms with Gasteiger partial charge in [-0.05, 0) is 23.5 Å². The van der Waals surface area contributed by atoms with E-state index in [9.17, 15) is 0 Å². The second kappa shape index (κ2) is 8.13. The van der Waals surface area contributed by atoms with E-state index >= 15 is 0 Å². The van der Waals surface area contributed by atoms with Crippen LogP contribution in [0.5, 0.6) is 0 Å². The van der Waals surface area contributed by atoms with Crippen LogP contribution in [0.1, 0.15) is 0 Å². The standard InChI is InChI=1S/C6H4N4S5/c7-1-11-3-13-5-9-10-6(15-5)14-4-12-2-8/h3-4H2. The van der Waals surface area contributed by atoms with E-state index in [1.54, 1.807) is 0 Å². The van der Waals surface area contributed by atoms with Crippen LogP contribution < -0.4 is 0 Å². The van der Waals surface area contributed by atoms with Crippen LogP contribution in [0.2, 0.25) is 0 Å². The molecule has 0 unspecified atom stereocenters. The summed E-state index contributed by atoms with van der Waals surface area (Å²) in [6.07, 6.45) is 0. The summed E-state index contributed by atoms with van der Waals surface area (Å²) in [6, 6.07) is 0. The Morgan fingerprint density at radius 2 is 1.47 bits per heavy atom. The van der Waals surface area contributed by atoms with Crippen molar-refractivity contribution >= 4 is 58.4 Å². The van der Waals surface area contributed by atoms with E-state index in [4.69, 9.17) is 10.5 Å². The lowest BCUT2D eigenvalue weighted by atomic mass is 11.5. The van der Waals surface area contributed by atoms with Gasteiger partial charge in [-0.1, -0.05) is 34.9 Å². The van der Waals surface area contributed by atoms with E-state index in [1.165, 1.54) is 58.4 Å². The van der Waals surface area contributed by atoms with Crippen LogP contribution in [0, 0.1) is 21.3 Å². The predicted molar refractivity (Wildman–Crippen MR) is 67.8 cm³/mol. The molecule has 0 aromatic carbocycles. The molecule has 0 bridgehead atoms. The van der Waals surface area contributed by atoms with Crippen LogP contribution in [0.15, 0.2) is 8.68 Å². The molecule has 0 N–H and O–H groups in total. The topological polar surface area (TPSA) is 73.4 Å². The highest BCUT2D eigenvalue weighted by Crippen LogP contribution is 2.31. The third-order valence-corrected chi connectivity index (χ3v) is 5.52. The lowest BCUT2D eigenvalue weighted by Crippen LogP contribution is -1.72. The van der Waals surface area contributed by atoms with E-state index in [0.717, 1.165) is 8.68 Å². The maximum absolute atomic E-state index is 8.32. The molecule has 0 aliphatic rings. The van der Waals surface area contributed by atoms with Crippen LogP contribution >= 0.6 is 58.4 Å². The number of hydrogen-bond donors (Lipinski definition) is 0. The summed E-state index contributed by atoms with van der Waals surface area (Å²) >= 11 is 6.88. The summed E-state index contributed by atoms with van der Waals surface area (Å²) in [6.45, 7) is 0. The highest BCUT2D eigenvalue weighted by atomic mass is 32.2. The minimum Gasteiger partial charge on any atom is -0.185 e. The first kappa shape index (κ1) is 13.0. The second-order valence-electron chi connectivity index (χ2n) is 1.83. The Hall–Kier alpha value is -0.0600. The van der Waals surface area contributed by atoms with Gasteiger partial charge in [0.2, 0.25) is 0 Å². The molecular formula is C6H4N4S5.